The molecule has 30 heavy (non-hydrogen) atoms. The van der Waals surface area contributed by atoms with Crippen LogP contribution in [0.3, 0.4) is 0 Å². The monoisotopic (exact) mass is 400 g/mol. The number of hydrogen-bond acceptors (Lipinski definition) is 5. The van der Waals surface area contributed by atoms with E-state index in [1.165, 1.54) is 0 Å². The number of benzene rings is 2. The molecular weight excluding hydrogens is 376 g/mol. The number of carbonyl (C=O) groups excluding carboxylic acids is 1. The van der Waals surface area contributed by atoms with Crippen LogP contribution in [-0.4, -0.2) is 27.3 Å². The molecule has 6 heteroatoms. The van der Waals surface area contributed by atoms with Crippen molar-refractivity contribution in [1.29, 1.82) is 0 Å². The molecule has 2 heterocycles. The fraction of sp³-hybridized carbons (Fsp3) is 0.208. The first-order chi connectivity index (χ1) is 14.7. The minimum absolute atomic E-state index is 0.202. The third-order valence-electron chi connectivity index (χ3n) is 4.73. The van der Waals surface area contributed by atoms with Crippen LogP contribution >= 0.6 is 0 Å². The van der Waals surface area contributed by atoms with E-state index in [9.17, 15) is 4.79 Å². The molecule has 0 unspecified atom stereocenters. The molecule has 2 aromatic heterocycles. The molecule has 0 aliphatic heterocycles. The van der Waals surface area contributed by atoms with Gasteiger partial charge in [0.1, 0.15) is 29.8 Å². The molecule has 0 fully saturated rings. The lowest BCUT2D eigenvalue weighted by atomic mass is 10.2. The van der Waals surface area contributed by atoms with Gasteiger partial charge in [0.05, 0.1) is 5.52 Å². The van der Waals surface area contributed by atoms with Crippen molar-refractivity contribution in [2.75, 3.05) is 11.9 Å². The maximum Gasteiger partial charge on any atom is 0.180 e. The molecule has 0 saturated carbocycles. The maximum absolute atomic E-state index is 11.0. The molecule has 4 rings (SSSR count). The molecule has 0 amide bonds. The predicted octanol–water partition coefficient (Wildman–Crippen LogP) is 4.99. The van der Waals surface area contributed by atoms with Crippen molar-refractivity contribution in [2.24, 2.45) is 0 Å². The van der Waals surface area contributed by atoms with Crippen LogP contribution in [0.2, 0.25) is 0 Å². The van der Waals surface area contributed by atoms with Crippen molar-refractivity contribution in [3.8, 4) is 17.1 Å². The minimum atomic E-state index is 0.202. The largest absolute Gasteiger partial charge is 0.489 e. The molecule has 152 valence electrons. The molecule has 4 aromatic rings. The summed E-state index contributed by atoms with van der Waals surface area (Å²) in [4.78, 5) is 23.5. The van der Waals surface area contributed by atoms with Gasteiger partial charge >= 0.3 is 0 Å². The topological polar surface area (TPSA) is 79.9 Å². The Hall–Kier alpha value is -3.67. The van der Waals surface area contributed by atoms with E-state index in [0.29, 0.717) is 25.2 Å². The van der Waals surface area contributed by atoms with Gasteiger partial charge in [-0.3, -0.25) is 0 Å². The zero-order valence-electron chi connectivity index (χ0n) is 16.9. The Bertz CT molecular complexity index is 1120. The summed E-state index contributed by atoms with van der Waals surface area (Å²) in [5, 5.41) is 3.24. The fourth-order valence-electron chi connectivity index (χ4n) is 3.13. The Morgan fingerprint density at radius 2 is 1.80 bits per heavy atom. The Balaban J connectivity index is 1.40. The number of aromatic amines is 1. The van der Waals surface area contributed by atoms with Gasteiger partial charge < -0.3 is 19.8 Å². The van der Waals surface area contributed by atoms with Crippen molar-refractivity contribution in [1.82, 2.24) is 15.0 Å². The highest BCUT2D eigenvalue weighted by atomic mass is 16.5. The number of H-pyrrole nitrogens is 1. The van der Waals surface area contributed by atoms with E-state index in [4.69, 9.17) is 4.74 Å². The highest BCUT2D eigenvalue weighted by Crippen LogP contribution is 2.23. The molecule has 2 N–H and O–H groups in total. The third kappa shape index (κ3) is 5.03. The summed E-state index contributed by atoms with van der Waals surface area (Å²) in [5.41, 5.74) is 3.64. The summed E-state index contributed by atoms with van der Waals surface area (Å²) in [7, 11) is 0. The van der Waals surface area contributed by atoms with Gasteiger partial charge in [-0.1, -0.05) is 30.3 Å². The molecule has 0 atom stereocenters. The zero-order valence-corrected chi connectivity index (χ0v) is 16.9. The van der Waals surface area contributed by atoms with Crippen molar-refractivity contribution < 1.29 is 9.53 Å². The molecular formula is C24H24N4O2. The van der Waals surface area contributed by atoms with E-state index in [2.05, 4.69) is 20.3 Å². The smallest absolute Gasteiger partial charge is 0.180 e. The van der Waals surface area contributed by atoms with Gasteiger partial charge in [0, 0.05) is 18.5 Å². The van der Waals surface area contributed by atoms with Crippen LogP contribution in [0, 0.1) is 0 Å². The maximum atomic E-state index is 11.0. The van der Waals surface area contributed by atoms with E-state index in [1.54, 1.807) is 6.92 Å². The van der Waals surface area contributed by atoms with Crippen LogP contribution in [-0.2, 0) is 11.4 Å². The number of hydrogen-bond donors (Lipinski definition) is 2. The SMILES string of the molecule is CC(=O)CCCNc1ccc2[nH]c(-c3ccc(OCc4ccccc4)cc3)nc2n1. The van der Waals surface area contributed by atoms with E-state index in [1.807, 2.05) is 66.7 Å². The molecule has 0 bridgehead atoms. The van der Waals surface area contributed by atoms with Gasteiger partial charge in [-0.2, -0.15) is 0 Å². The second-order valence-corrected chi connectivity index (χ2v) is 7.18. The van der Waals surface area contributed by atoms with Crippen LogP contribution < -0.4 is 10.1 Å². The Morgan fingerprint density at radius 1 is 1.00 bits per heavy atom. The van der Waals surface area contributed by atoms with Gasteiger partial charge in [0.25, 0.3) is 0 Å². The number of carbonyl (C=O) groups is 1. The lowest BCUT2D eigenvalue weighted by Gasteiger charge is -2.06. The summed E-state index contributed by atoms with van der Waals surface area (Å²) in [6, 6.07) is 21.8. The van der Waals surface area contributed by atoms with Gasteiger partial charge in [-0.25, -0.2) is 9.97 Å². The Kier molecular flexibility index (Phi) is 6.03. The first kappa shape index (κ1) is 19.6. The van der Waals surface area contributed by atoms with Crippen LogP contribution in [0.5, 0.6) is 5.75 Å². The Labute approximate surface area is 175 Å². The van der Waals surface area contributed by atoms with E-state index in [0.717, 1.165) is 40.5 Å². The molecule has 0 aliphatic carbocycles. The predicted molar refractivity (Wildman–Crippen MR) is 119 cm³/mol. The molecule has 0 aliphatic rings. The lowest BCUT2D eigenvalue weighted by Crippen LogP contribution is -2.05. The number of aromatic nitrogens is 3. The van der Waals surface area contributed by atoms with Crippen molar-refractivity contribution >= 4 is 22.8 Å². The molecule has 2 aromatic carbocycles. The number of anilines is 1. The summed E-state index contributed by atoms with van der Waals surface area (Å²) < 4.78 is 5.85. The normalized spacial score (nSPS) is 10.8. The van der Waals surface area contributed by atoms with Crippen molar-refractivity contribution in [3.63, 3.8) is 0 Å². The zero-order chi connectivity index (χ0) is 20.8. The van der Waals surface area contributed by atoms with Crippen LogP contribution in [0.15, 0.2) is 66.7 Å². The number of imidazole rings is 1. The number of rotatable bonds is 9. The summed E-state index contributed by atoms with van der Waals surface area (Å²) in [6.07, 6.45) is 1.37. The second kappa shape index (κ2) is 9.22. The van der Waals surface area contributed by atoms with Crippen molar-refractivity contribution in [3.05, 3.63) is 72.3 Å². The first-order valence-corrected chi connectivity index (χ1v) is 10.0. The van der Waals surface area contributed by atoms with Crippen molar-refractivity contribution in [2.45, 2.75) is 26.4 Å². The fourth-order valence-corrected chi connectivity index (χ4v) is 3.13. The molecule has 0 saturated heterocycles. The number of nitrogens with zero attached hydrogens (tertiary/aromatic N) is 2. The van der Waals surface area contributed by atoms with Crippen LogP contribution in [0.25, 0.3) is 22.6 Å². The quantitative estimate of drug-likeness (QED) is 0.387. The highest BCUT2D eigenvalue weighted by molar-refractivity contribution is 5.77. The average Bonchev–Trinajstić information content (AvgIpc) is 3.20. The third-order valence-corrected chi connectivity index (χ3v) is 4.73. The summed E-state index contributed by atoms with van der Waals surface area (Å²) in [5.74, 6) is 2.54. The van der Waals surface area contributed by atoms with Gasteiger partial charge in [0.15, 0.2) is 5.65 Å². The summed E-state index contributed by atoms with van der Waals surface area (Å²) in [6.45, 7) is 2.86. The number of nitrogens with one attached hydrogen (secondary N) is 2. The standard InChI is InChI=1S/C24H24N4O2/c1-17(29)6-5-15-25-22-14-13-21-24(27-22)28-23(26-21)19-9-11-20(12-10-19)30-16-18-7-3-2-4-8-18/h2-4,7-14H,5-6,15-16H2,1H3,(H2,25,26,27,28). The molecule has 6 nitrogen and oxygen atoms in total. The van der Waals surface area contributed by atoms with Gasteiger partial charge in [0.2, 0.25) is 0 Å². The number of ether oxygens (including phenoxy) is 1. The Morgan fingerprint density at radius 3 is 2.57 bits per heavy atom. The summed E-state index contributed by atoms with van der Waals surface area (Å²) >= 11 is 0. The van der Waals surface area contributed by atoms with Crippen LogP contribution in [0.4, 0.5) is 5.82 Å². The van der Waals surface area contributed by atoms with E-state index in [-0.39, 0.29) is 5.78 Å². The minimum Gasteiger partial charge on any atom is -0.489 e. The second-order valence-electron chi connectivity index (χ2n) is 7.18. The first-order valence-electron chi connectivity index (χ1n) is 10.0. The lowest BCUT2D eigenvalue weighted by molar-refractivity contribution is -0.117. The number of pyridine rings is 1. The molecule has 0 spiro atoms. The van der Waals surface area contributed by atoms with E-state index < -0.39 is 0 Å². The van der Waals surface area contributed by atoms with Gasteiger partial charge in [-0.05, 0) is 55.3 Å². The molecule has 0 radical (unpaired) electrons. The van der Waals surface area contributed by atoms with Gasteiger partial charge in [-0.15, -0.1) is 0 Å². The van der Waals surface area contributed by atoms with E-state index >= 15 is 0 Å². The number of ketones is 1. The number of Topliss-reactive ketones (excluding diaryl/α,β-unsaturated/α-hetero) is 1. The average molecular weight is 400 g/mol. The highest BCUT2D eigenvalue weighted by Gasteiger charge is 2.08. The number of fused-ring (bicyclic) bond motifs is 1. The van der Waals surface area contributed by atoms with Crippen LogP contribution in [0.1, 0.15) is 25.3 Å².